The number of aromatic hydroxyl groups is 1. The summed E-state index contributed by atoms with van der Waals surface area (Å²) in [5.74, 6) is 0.716. The van der Waals surface area contributed by atoms with Crippen molar-refractivity contribution in [3.05, 3.63) is 65.4 Å². The van der Waals surface area contributed by atoms with Gasteiger partial charge in [-0.05, 0) is 74.5 Å². The first kappa shape index (κ1) is 22.4. The number of urea groups is 1. The summed E-state index contributed by atoms with van der Waals surface area (Å²) in [5.41, 5.74) is 2.26. The second-order valence-electron chi connectivity index (χ2n) is 10.2. The molecule has 0 radical (unpaired) electrons. The molecule has 1 aromatic heterocycles. The number of carbonyl (C=O) groups excluding carboxylic acids is 2. The minimum absolute atomic E-state index is 0.102. The molecule has 0 spiro atoms. The summed E-state index contributed by atoms with van der Waals surface area (Å²) < 4.78 is 1.61. The molecule has 2 aliphatic heterocycles. The average Bonchev–Trinajstić information content (AvgIpc) is 3.61. The maximum absolute atomic E-state index is 13.8. The molecule has 2 fully saturated rings. The number of imide groups is 1. The summed E-state index contributed by atoms with van der Waals surface area (Å²) in [6, 6.07) is 13.8. The molecule has 6 rings (SSSR count). The van der Waals surface area contributed by atoms with Crippen LogP contribution in [0.4, 0.5) is 4.79 Å². The van der Waals surface area contributed by atoms with Crippen LogP contribution < -0.4 is 5.32 Å². The van der Waals surface area contributed by atoms with Gasteiger partial charge in [-0.25, -0.2) is 4.79 Å². The highest BCUT2D eigenvalue weighted by molar-refractivity contribution is 6.20. The van der Waals surface area contributed by atoms with Crippen LogP contribution in [0.25, 0.3) is 10.9 Å². The first-order valence-electron chi connectivity index (χ1n) is 12.3. The van der Waals surface area contributed by atoms with E-state index in [2.05, 4.69) is 5.32 Å². The van der Waals surface area contributed by atoms with Gasteiger partial charge in [-0.3, -0.25) is 18.7 Å². The zero-order chi connectivity index (χ0) is 24.3. The summed E-state index contributed by atoms with van der Waals surface area (Å²) in [6.07, 6.45) is 3.68. The van der Waals surface area contributed by atoms with Gasteiger partial charge < -0.3 is 10.4 Å². The predicted molar refractivity (Wildman–Crippen MR) is 134 cm³/mol. The normalized spacial score (nSPS) is 23.8. The fourth-order valence-electron chi connectivity index (χ4n) is 5.78. The molecule has 3 heterocycles. The van der Waals surface area contributed by atoms with Crippen molar-refractivity contribution in [3.63, 3.8) is 0 Å². The van der Waals surface area contributed by atoms with Crippen LogP contribution in [-0.2, 0) is 11.2 Å². The van der Waals surface area contributed by atoms with Crippen molar-refractivity contribution in [2.24, 2.45) is 5.92 Å². The first-order chi connectivity index (χ1) is 16.9. The van der Waals surface area contributed by atoms with Gasteiger partial charge in [-0.1, -0.05) is 30.3 Å². The van der Waals surface area contributed by atoms with Crippen molar-refractivity contribution in [2.45, 2.75) is 44.2 Å². The molecule has 1 saturated heterocycles. The maximum atomic E-state index is 13.8. The number of phenolic OH excluding ortho intramolecular Hbond substituents is 1. The highest BCUT2D eigenvalue weighted by Gasteiger charge is 2.60. The average molecular weight is 493 g/mol. The van der Waals surface area contributed by atoms with E-state index in [1.54, 1.807) is 27.2 Å². The van der Waals surface area contributed by atoms with Gasteiger partial charge >= 0.3 is 6.03 Å². The molecule has 3 aliphatic rings. The van der Waals surface area contributed by atoms with Crippen LogP contribution in [0.5, 0.6) is 5.75 Å². The lowest BCUT2D eigenvalue weighted by atomic mass is 9.81. The van der Waals surface area contributed by atoms with Gasteiger partial charge in [0, 0.05) is 30.1 Å². The molecule has 0 bridgehead atoms. The van der Waals surface area contributed by atoms with Crippen molar-refractivity contribution in [1.29, 1.82) is 0 Å². The topological polar surface area (TPSA) is 77.8 Å². The van der Waals surface area contributed by atoms with E-state index in [9.17, 15) is 14.7 Å². The molecule has 8 heteroatoms. The first-order valence-corrected chi connectivity index (χ1v) is 12.7. The van der Waals surface area contributed by atoms with Crippen molar-refractivity contribution in [2.75, 3.05) is 19.6 Å². The Morgan fingerprint density at radius 3 is 2.71 bits per heavy atom. The van der Waals surface area contributed by atoms with E-state index in [1.807, 2.05) is 37.3 Å². The fraction of sp³-hybridized carbons (Fsp3) is 0.407. The third-order valence-electron chi connectivity index (χ3n) is 7.73. The van der Waals surface area contributed by atoms with E-state index in [1.165, 1.54) is 17.7 Å². The molecule has 3 amide bonds. The Kier molecular flexibility index (Phi) is 5.31. The number of phenols is 1. The number of halogens is 1. The molecule has 2 N–H and O–H groups in total. The minimum atomic E-state index is -1.04. The number of benzene rings is 2. The Hall–Kier alpha value is -3.03. The molecule has 7 nitrogen and oxygen atoms in total. The van der Waals surface area contributed by atoms with E-state index in [4.69, 9.17) is 11.8 Å². The zero-order valence-electron chi connectivity index (χ0n) is 19.7. The Bertz CT molecular complexity index is 1330. The number of hydrogen-bond donors (Lipinski definition) is 2. The van der Waals surface area contributed by atoms with Crippen molar-refractivity contribution in [1.82, 2.24) is 19.2 Å². The lowest BCUT2D eigenvalue weighted by molar-refractivity contribution is -0.133. The molecule has 1 aliphatic carbocycles. The van der Waals surface area contributed by atoms with E-state index in [0.29, 0.717) is 19.4 Å². The standard InChI is InChI=1S/C27H29ClN4O3/c1-27-15-21-20-8-2-3-9-22(20)32(28)24(21)23(18-6-4-7-19(33)14-18)31(27)26(35)30(25(27)34)13-5-12-29-16-17-10-11-17/h2-4,6-9,14,17,23,29,33H,5,10-13,15-16H2,1H3/t23-,27+/m1/s1. The summed E-state index contributed by atoms with van der Waals surface area (Å²) in [5, 5.41) is 14.7. The monoisotopic (exact) mass is 492 g/mol. The number of fused-ring (bicyclic) bond motifs is 4. The summed E-state index contributed by atoms with van der Waals surface area (Å²) >= 11 is 6.87. The Labute approximate surface area is 209 Å². The largest absolute Gasteiger partial charge is 0.508 e. The van der Waals surface area contributed by atoms with Gasteiger partial charge in [0.2, 0.25) is 0 Å². The van der Waals surface area contributed by atoms with Gasteiger partial charge in [0.15, 0.2) is 0 Å². The lowest BCUT2D eigenvalue weighted by Crippen LogP contribution is -2.53. The van der Waals surface area contributed by atoms with Crippen LogP contribution in [0.3, 0.4) is 0 Å². The molecular formula is C27H29ClN4O3. The third-order valence-corrected chi connectivity index (χ3v) is 8.09. The number of aromatic nitrogens is 1. The molecular weight excluding hydrogens is 464 g/mol. The third kappa shape index (κ3) is 3.52. The number of amides is 3. The number of hydrogen-bond acceptors (Lipinski definition) is 4. The summed E-state index contributed by atoms with van der Waals surface area (Å²) in [4.78, 5) is 30.7. The Morgan fingerprint density at radius 1 is 1.14 bits per heavy atom. The molecule has 3 aromatic rings. The van der Waals surface area contributed by atoms with Gasteiger partial charge in [0.25, 0.3) is 5.91 Å². The van der Waals surface area contributed by atoms with Gasteiger partial charge in [-0.15, -0.1) is 0 Å². The molecule has 35 heavy (non-hydrogen) atoms. The summed E-state index contributed by atoms with van der Waals surface area (Å²) in [6.45, 7) is 4.02. The van der Waals surface area contributed by atoms with Gasteiger partial charge in [0.1, 0.15) is 17.3 Å². The molecule has 2 aromatic carbocycles. The minimum Gasteiger partial charge on any atom is -0.508 e. The Morgan fingerprint density at radius 2 is 1.94 bits per heavy atom. The highest BCUT2D eigenvalue weighted by Crippen LogP contribution is 2.50. The SMILES string of the molecule is C[C@@]12Cc3c(n(Cl)c4ccccc34)[C@@H](c3cccc(O)c3)N1C(=O)N(CCCNCC1CC1)C2=O. The highest BCUT2D eigenvalue weighted by atomic mass is 35.5. The predicted octanol–water partition coefficient (Wildman–Crippen LogP) is 4.41. The maximum Gasteiger partial charge on any atom is 0.328 e. The second kappa shape index (κ2) is 8.28. The van der Waals surface area contributed by atoms with Gasteiger partial charge in [-0.2, -0.15) is 0 Å². The van der Waals surface area contributed by atoms with Crippen molar-refractivity contribution >= 4 is 34.6 Å². The van der Waals surface area contributed by atoms with Crippen LogP contribution in [0.2, 0.25) is 0 Å². The zero-order valence-corrected chi connectivity index (χ0v) is 20.5. The van der Waals surface area contributed by atoms with Crippen LogP contribution in [0.15, 0.2) is 48.5 Å². The number of nitrogens with zero attached hydrogens (tertiary/aromatic N) is 3. The Balaban J connectivity index is 1.40. The van der Waals surface area contributed by atoms with Crippen molar-refractivity contribution < 1.29 is 14.7 Å². The molecule has 1 saturated carbocycles. The van der Waals surface area contributed by atoms with Crippen LogP contribution in [0.1, 0.15) is 49.0 Å². The van der Waals surface area contributed by atoms with Gasteiger partial charge in [0.05, 0.1) is 11.2 Å². The van der Waals surface area contributed by atoms with E-state index in [-0.39, 0.29) is 17.7 Å². The lowest BCUT2D eigenvalue weighted by Gasteiger charge is -2.42. The number of para-hydroxylation sites is 1. The number of carbonyl (C=O) groups is 2. The van der Waals surface area contributed by atoms with Crippen molar-refractivity contribution in [3.8, 4) is 5.75 Å². The molecule has 182 valence electrons. The number of nitrogens with one attached hydrogen (secondary N) is 1. The van der Waals surface area contributed by atoms with E-state index >= 15 is 0 Å². The summed E-state index contributed by atoms with van der Waals surface area (Å²) in [7, 11) is 0. The smallest absolute Gasteiger partial charge is 0.328 e. The second-order valence-corrected chi connectivity index (χ2v) is 10.6. The fourth-order valence-corrected chi connectivity index (χ4v) is 6.12. The quantitative estimate of drug-likeness (QED) is 0.378. The molecule has 0 unspecified atom stereocenters. The van der Waals surface area contributed by atoms with E-state index < -0.39 is 11.6 Å². The van der Waals surface area contributed by atoms with E-state index in [0.717, 1.165) is 46.7 Å². The van der Waals surface area contributed by atoms with Crippen LogP contribution >= 0.6 is 11.8 Å². The van der Waals surface area contributed by atoms with Crippen LogP contribution in [0, 0.1) is 5.92 Å². The van der Waals surface area contributed by atoms with Crippen LogP contribution in [-0.4, -0.2) is 56.1 Å². The number of rotatable bonds is 7. The molecule has 2 atom stereocenters.